The number of sulfonamides is 1. The highest BCUT2D eigenvalue weighted by Gasteiger charge is 2.33. The standard InChI is InChI=1S/C31H39N3O4S/c1-6-7-19-32-31(36)26(5)33(21-27-14-12-11-13-24(27)3)30(35)22-34(29-20-23(2)17-18-25(29)4)39(37,38)28-15-9-8-10-16-28/h8-18,20,26H,6-7,19,21-22H2,1-5H3,(H,32,36). The second-order valence-electron chi connectivity index (χ2n) is 9.88. The van der Waals surface area contributed by atoms with Crippen molar-refractivity contribution in [2.75, 3.05) is 17.4 Å². The van der Waals surface area contributed by atoms with Gasteiger partial charge in [0.2, 0.25) is 11.8 Å². The predicted octanol–water partition coefficient (Wildman–Crippen LogP) is 5.14. The fraction of sp³-hybridized carbons (Fsp3) is 0.355. The van der Waals surface area contributed by atoms with Gasteiger partial charge in [0.05, 0.1) is 10.6 Å². The van der Waals surface area contributed by atoms with Crippen molar-refractivity contribution in [1.82, 2.24) is 10.2 Å². The zero-order valence-electron chi connectivity index (χ0n) is 23.5. The molecule has 0 radical (unpaired) electrons. The third-order valence-corrected chi connectivity index (χ3v) is 8.62. The van der Waals surface area contributed by atoms with E-state index in [0.29, 0.717) is 12.2 Å². The molecule has 0 fully saturated rings. The van der Waals surface area contributed by atoms with E-state index in [2.05, 4.69) is 5.32 Å². The minimum absolute atomic E-state index is 0.0921. The Labute approximate surface area is 232 Å². The first-order valence-corrected chi connectivity index (χ1v) is 14.8. The van der Waals surface area contributed by atoms with Crippen molar-refractivity contribution >= 4 is 27.5 Å². The van der Waals surface area contributed by atoms with Crippen LogP contribution in [0.5, 0.6) is 0 Å². The Morgan fingerprint density at radius 1 is 0.897 bits per heavy atom. The lowest BCUT2D eigenvalue weighted by Crippen LogP contribution is -2.51. The molecule has 0 aliphatic carbocycles. The molecule has 0 bridgehead atoms. The molecule has 1 atom stereocenters. The minimum Gasteiger partial charge on any atom is -0.354 e. The van der Waals surface area contributed by atoms with Crippen LogP contribution in [-0.2, 0) is 26.2 Å². The number of anilines is 1. The van der Waals surface area contributed by atoms with Crippen molar-refractivity contribution in [2.45, 2.75) is 64.9 Å². The Balaban J connectivity index is 2.04. The topological polar surface area (TPSA) is 86.8 Å². The molecule has 0 aliphatic rings. The van der Waals surface area contributed by atoms with E-state index in [1.165, 1.54) is 21.3 Å². The van der Waals surface area contributed by atoms with Crippen LogP contribution in [0.4, 0.5) is 5.69 Å². The third kappa shape index (κ3) is 7.47. The predicted molar refractivity (Wildman–Crippen MR) is 156 cm³/mol. The zero-order valence-corrected chi connectivity index (χ0v) is 24.3. The average Bonchev–Trinajstić information content (AvgIpc) is 2.92. The maximum absolute atomic E-state index is 14.0. The molecule has 2 amide bonds. The van der Waals surface area contributed by atoms with Crippen LogP contribution >= 0.6 is 0 Å². The molecule has 7 nitrogen and oxygen atoms in total. The Bertz CT molecular complexity index is 1390. The van der Waals surface area contributed by atoms with Gasteiger partial charge in [0.1, 0.15) is 12.6 Å². The van der Waals surface area contributed by atoms with Crippen molar-refractivity contribution in [3.63, 3.8) is 0 Å². The van der Waals surface area contributed by atoms with Gasteiger partial charge in [-0.1, -0.05) is 67.9 Å². The summed E-state index contributed by atoms with van der Waals surface area (Å²) in [6, 6.07) is 20.5. The Morgan fingerprint density at radius 2 is 1.56 bits per heavy atom. The summed E-state index contributed by atoms with van der Waals surface area (Å²) in [5, 5.41) is 2.91. The number of carbonyl (C=O) groups is 2. The van der Waals surface area contributed by atoms with E-state index in [-0.39, 0.29) is 17.3 Å². The lowest BCUT2D eigenvalue weighted by Gasteiger charge is -2.33. The first kappa shape index (κ1) is 29.9. The summed E-state index contributed by atoms with van der Waals surface area (Å²) in [7, 11) is -4.08. The third-order valence-electron chi connectivity index (χ3n) is 6.84. The summed E-state index contributed by atoms with van der Waals surface area (Å²) in [4.78, 5) is 28.7. The summed E-state index contributed by atoms with van der Waals surface area (Å²) in [6.07, 6.45) is 1.77. The van der Waals surface area contributed by atoms with E-state index in [9.17, 15) is 18.0 Å². The molecule has 1 N–H and O–H groups in total. The minimum atomic E-state index is -4.08. The van der Waals surface area contributed by atoms with Crippen LogP contribution in [-0.4, -0.2) is 44.3 Å². The van der Waals surface area contributed by atoms with Gasteiger partial charge in [0.25, 0.3) is 10.0 Å². The van der Waals surface area contributed by atoms with Crippen LogP contribution in [0.15, 0.2) is 77.7 Å². The molecule has 0 aromatic heterocycles. The fourth-order valence-corrected chi connectivity index (χ4v) is 5.80. The molecule has 8 heteroatoms. The lowest BCUT2D eigenvalue weighted by molar-refractivity contribution is -0.139. The van der Waals surface area contributed by atoms with Gasteiger partial charge < -0.3 is 10.2 Å². The van der Waals surface area contributed by atoms with E-state index in [0.717, 1.165) is 35.1 Å². The van der Waals surface area contributed by atoms with Crippen molar-refractivity contribution in [2.24, 2.45) is 0 Å². The number of carbonyl (C=O) groups excluding carboxylic acids is 2. The first-order chi connectivity index (χ1) is 18.6. The van der Waals surface area contributed by atoms with Gasteiger partial charge in [-0.25, -0.2) is 8.42 Å². The van der Waals surface area contributed by atoms with E-state index in [1.807, 2.05) is 64.1 Å². The van der Waals surface area contributed by atoms with Crippen LogP contribution < -0.4 is 9.62 Å². The highest BCUT2D eigenvalue weighted by molar-refractivity contribution is 7.92. The molecule has 0 saturated carbocycles. The highest BCUT2D eigenvalue weighted by Crippen LogP contribution is 2.28. The van der Waals surface area contributed by atoms with Crippen LogP contribution in [0.1, 0.15) is 48.9 Å². The highest BCUT2D eigenvalue weighted by atomic mass is 32.2. The molecule has 0 heterocycles. The van der Waals surface area contributed by atoms with Gasteiger partial charge in [0, 0.05) is 13.1 Å². The number of hydrogen-bond donors (Lipinski definition) is 1. The van der Waals surface area contributed by atoms with Crippen molar-refractivity contribution < 1.29 is 18.0 Å². The lowest BCUT2D eigenvalue weighted by atomic mass is 10.1. The molecular weight excluding hydrogens is 510 g/mol. The van der Waals surface area contributed by atoms with Crippen LogP contribution in [0, 0.1) is 20.8 Å². The molecule has 3 aromatic rings. The monoisotopic (exact) mass is 549 g/mol. The van der Waals surface area contributed by atoms with E-state index >= 15 is 0 Å². The number of nitrogens with zero attached hydrogens (tertiary/aromatic N) is 2. The van der Waals surface area contributed by atoms with Crippen molar-refractivity contribution in [3.8, 4) is 0 Å². The Kier molecular flexibility index (Phi) is 10.3. The van der Waals surface area contributed by atoms with Gasteiger partial charge in [0.15, 0.2) is 0 Å². The molecule has 3 aromatic carbocycles. The number of rotatable bonds is 12. The average molecular weight is 550 g/mol. The number of amides is 2. The molecule has 0 spiro atoms. The Morgan fingerprint density at radius 3 is 2.23 bits per heavy atom. The summed E-state index contributed by atoms with van der Waals surface area (Å²) in [5.41, 5.74) is 3.91. The molecule has 1 unspecified atom stereocenters. The maximum Gasteiger partial charge on any atom is 0.264 e. The van der Waals surface area contributed by atoms with Gasteiger partial charge >= 0.3 is 0 Å². The number of aryl methyl sites for hydroxylation is 3. The number of unbranched alkanes of at least 4 members (excludes halogenated alkanes) is 1. The SMILES string of the molecule is CCCCNC(=O)C(C)N(Cc1ccccc1C)C(=O)CN(c1cc(C)ccc1C)S(=O)(=O)c1ccccc1. The second kappa shape index (κ2) is 13.4. The summed E-state index contributed by atoms with van der Waals surface area (Å²) in [6.45, 7) is 9.63. The normalized spacial score (nSPS) is 12.0. The van der Waals surface area contributed by atoms with Gasteiger partial charge in [-0.2, -0.15) is 0 Å². The molecule has 3 rings (SSSR count). The fourth-order valence-electron chi connectivity index (χ4n) is 4.31. The molecule has 39 heavy (non-hydrogen) atoms. The van der Waals surface area contributed by atoms with Gasteiger partial charge in [-0.3, -0.25) is 13.9 Å². The summed E-state index contributed by atoms with van der Waals surface area (Å²) >= 11 is 0. The van der Waals surface area contributed by atoms with Gasteiger partial charge in [-0.15, -0.1) is 0 Å². The smallest absolute Gasteiger partial charge is 0.264 e. The molecule has 0 aliphatic heterocycles. The Hall–Kier alpha value is -3.65. The first-order valence-electron chi connectivity index (χ1n) is 13.3. The number of hydrogen-bond acceptors (Lipinski definition) is 4. The van der Waals surface area contributed by atoms with Crippen molar-refractivity contribution in [1.29, 1.82) is 0 Å². The van der Waals surface area contributed by atoms with Crippen LogP contribution in [0.3, 0.4) is 0 Å². The van der Waals surface area contributed by atoms with Crippen LogP contribution in [0.2, 0.25) is 0 Å². The van der Waals surface area contributed by atoms with E-state index in [1.54, 1.807) is 31.2 Å². The largest absolute Gasteiger partial charge is 0.354 e. The molecule has 0 saturated heterocycles. The number of nitrogens with one attached hydrogen (secondary N) is 1. The number of benzene rings is 3. The molecule has 208 valence electrons. The maximum atomic E-state index is 14.0. The summed E-state index contributed by atoms with van der Waals surface area (Å²) in [5.74, 6) is -0.730. The van der Waals surface area contributed by atoms with E-state index < -0.39 is 28.5 Å². The molecular formula is C31H39N3O4S. The second-order valence-corrected chi connectivity index (χ2v) is 11.7. The zero-order chi connectivity index (χ0) is 28.6. The van der Waals surface area contributed by atoms with E-state index in [4.69, 9.17) is 0 Å². The summed E-state index contributed by atoms with van der Waals surface area (Å²) < 4.78 is 29.0. The van der Waals surface area contributed by atoms with Gasteiger partial charge in [-0.05, 0) is 74.6 Å². The van der Waals surface area contributed by atoms with Crippen molar-refractivity contribution in [3.05, 3.63) is 95.1 Å². The quantitative estimate of drug-likeness (QED) is 0.317. The van der Waals surface area contributed by atoms with Crippen LogP contribution in [0.25, 0.3) is 0 Å².